The maximum absolute atomic E-state index is 4.68. The van der Waals surface area contributed by atoms with Gasteiger partial charge >= 0.3 is 0 Å². The highest BCUT2D eigenvalue weighted by Gasteiger charge is 2.12. The van der Waals surface area contributed by atoms with E-state index < -0.39 is 0 Å². The van der Waals surface area contributed by atoms with E-state index in [9.17, 15) is 0 Å². The molecule has 9 nitrogen and oxygen atoms in total. The van der Waals surface area contributed by atoms with Gasteiger partial charge in [0.25, 0.3) is 0 Å². The lowest BCUT2D eigenvalue weighted by molar-refractivity contribution is 0.630. The van der Waals surface area contributed by atoms with Crippen LogP contribution >= 0.6 is 0 Å². The molecule has 148 valence electrons. The Hall–Kier alpha value is -4.14. The first-order chi connectivity index (χ1) is 14.7. The summed E-state index contributed by atoms with van der Waals surface area (Å²) >= 11 is 0. The zero-order valence-electron chi connectivity index (χ0n) is 16.5. The first kappa shape index (κ1) is 17.9. The van der Waals surface area contributed by atoms with Gasteiger partial charge in [0.2, 0.25) is 11.8 Å². The molecule has 0 fully saturated rings. The van der Waals surface area contributed by atoms with Gasteiger partial charge in [0.05, 0.1) is 24.1 Å². The Morgan fingerprint density at radius 1 is 1.00 bits per heavy atom. The van der Waals surface area contributed by atoms with E-state index in [0.29, 0.717) is 11.8 Å². The predicted molar refractivity (Wildman–Crippen MR) is 113 cm³/mol. The smallest absolute Gasteiger partial charge is 0.225 e. The first-order valence-electron chi connectivity index (χ1n) is 9.54. The van der Waals surface area contributed by atoms with E-state index in [0.717, 1.165) is 22.4 Å². The van der Waals surface area contributed by atoms with Crippen LogP contribution in [0.1, 0.15) is 18.5 Å². The van der Waals surface area contributed by atoms with Crippen LogP contribution < -0.4 is 5.32 Å². The number of tetrazole rings is 1. The first-order valence-corrected chi connectivity index (χ1v) is 9.54. The number of fused-ring (bicyclic) bond motifs is 1. The Balaban J connectivity index is 1.45. The molecule has 0 radical (unpaired) electrons. The van der Waals surface area contributed by atoms with E-state index in [1.54, 1.807) is 19.6 Å². The normalized spacial score (nSPS) is 12.2. The van der Waals surface area contributed by atoms with Crippen LogP contribution in [0.5, 0.6) is 0 Å². The summed E-state index contributed by atoms with van der Waals surface area (Å²) in [5, 5.41) is 15.6. The minimum atomic E-state index is 0.0861. The number of nitrogens with one attached hydrogen (secondary N) is 1. The summed E-state index contributed by atoms with van der Waals surface area (Å²) in [6.45, 7) is 2.08. The maximum atomic E-state index is 4.68. The molecule has 0 spiro atoms. The van der Waals surface area contributed by atoms with Crippen molar-refractivity contribution >= 4 is 17.0 Å². The highest BCUT2D eigenvalue weighted by atomic mass is 15.6. The van der Waals surface area contributed by atoms with E-state index in [1.165, 1.54) is 10.4 Å². The Morgan fingerprint density at radius 3 is 2.67 bits per heavy atom. The summed E-state index contributed by atoms with van der Waals surface area (Å²) in [5.41, 5.74) is 3.79. The molecular weight excluding hydrogens is 378 g/mol. The largest absolute Gasteiger partial charge is 0.348 e. The summed E-state index contributed by atoms with van der Waals surface area (Å²) in [6, 6.07) is 18.0. The Labute approximate surface area is 172 Å². The number of benzene rings is 2. The van der Waals surface area contributed by atoms with Crippen LogP contribution in [0.3, 0.4) is 0 Å². The van der Waals surface area contributed by atoms with Crippen LogP contribution in [0.15, 0.2) is 67.1 Å². The molecule has 0 saturated heterocycles. The molecule has 0 unspecified atom stereocenters. The molecule has 0 amide bonds. The minimum Gasteiger partial charge on any atom is -0.348 e. The molecule has 9 heteroatoms. The highest BCUT2D eigenvalue weighted by Crippen LogP contribution is 2.23. The van der Waals surface area contributed by atoms with Gasteiger partial charge in [-0.1, -0.05) is 30.3 Å². The van der Waals surface area contributed by atoms with Crippen molar-refractivity contribution in [2.75, 3.05) is 5.32 Å². The SMILES string of the molecule is C[C@H](Nc1nccc(-n2cnc3cc(-c4nnn(C)n4)ccc32)n1)c1ccccc1. The van der Waals surface area contributed by atoms with Crippen molar-refractivity contribution in [1.82, 2.24) is 39.7 Å². The summed E-state index contributed by atoms with van der Waals surface area (Å²) in [6.07, 6.45) is 3.50. The fourth-order valence-electron chi connectivity index (χ4n) is 3.31. The van der Waals surface area contributed by atoms with Crippen LogP contribution in [-0.2, 0) is 7.05 Å². The third kappa shape index (κ3) is 3.37. The summed E-state index contributed by atoms with van der Waals surface area (Å²) < 4.78 is 1.93. The molecule has 5 rings (SSSR count). The van der Waals surface area contributed by atoms with E-state index in [4.69, 9.17) is 0 Å². The molecular formula is C21H19N9. The molecule has 0 saturated carbocycles. The van der Waals surface area contributed by atoms with Crippen molar-refractivity contribution in [1.29, 1.82) is 0 Å². The van der Waals surface area contributed by atoms with E-state index in [-0.39, 0.29) is 6.04 Å². The molecule has 30 heavy (non-hydrogen) atoms. The van der Waals surface area contributed by atoms with Gasteiger partial charge in [-0.25, -0.2) is 9.97 Å². The number of imidazole rings is 1. The highest BCUT2D eigenvalue weighted by molar-refractivity contribution is 5.81. The molecule has 3 aromatic heterocycles. The summed E-state index contributed by atoms with van der Waals surface area (Å²) in [4.78, 5) is 15.0. The number of nitrogens with zero attached hydrogens (tertiary/aromatic N) is 8. The van der Waals surface area contributed by atoms with E-state index in [1.807, 2.05) is 47.0 Å². The van der Waals surface area contributed by atoms with Gasteiger partial charge in [0, 0.05) is 11.8 Å². The van der Waals surface area contributed by atoms with Crippen LogP contribution in [0.25, 0.3) is 28.2 Å². The fraction of sp³-hybridized carbons (Fsp3) is 0.143. The fourth-order valence-corrected chi connectivity index (χ4v) is 3.31. The summed E-state index contributed by atoms with van der Waals surface area (Å²) in [7, 11) is 1.74. The Morgan fingerprint density at radius 2 is 1.87 bits per heavy atom. The molecule has 0 bridgehead atoms. The third-order valence-electron chi connectivity index (χ3n) is 4.85. The zero-order chi connectivity index (χ0) is 20.5. The maximum Gasteiger partial charge on any atom is 0.225 e. The Kier molecular flexibility index (Phi) is 4.40. The second-order valence-corrected chi connectivity index (χ2v) is 6.94. The van der Waals surface area contributed by atoms with Crippen molar-refractivity contribution in [2.45, 2.75) is 13.0 Å². The lowest BCUT2D eigenvalue weighted by Crippen LogP contribution is -2.10. The number of hydrogen-bond donors (Lipinski definition) is 1. The monoisotopic (exact) mass is 397 g/mol. The number of aromatic nitrogens is 8. The second-order valence-electron chi connectivity index (χ2n) is 6.94. The van der Waals surface area contributed by atoms with Gasteiger partial charge < -0.3 is 5.32 Å². The standard InChI is InChI=1S/C21H19N9/c1-14(15-6-4-3-5-7-15)24-21-22-11-10-19(25-21)30-13-23-17-12-16(8-9-18(17)30)20-26-28-29(2)27-20/h3-14H,1-2H3,(H,22,24,25)/t14-/m0/s1. The van der Waals surface area contributed by atoms with Gasteiger partial charge in [-0.05, 0) is 42.0 Å². The van der Waals surface area contributed by atoms with E-state index >= 15 is 0 Å². The molecule has 1 atom stereocenters. The van der Waals surface area contributed by atoms with Crippen molar-refractivity contribution in [2.24, 2.45) is 7.05 Å². The third-order valence-corrected chi connectivity index (χ3v) is 4.85. The van der Waals surface area contributed by atoms with Crippen molar-refractivity contribution < 1.29 is 0 Å². The number of aryl methyl sites for hydroxylation is 1. The van der Waals surface area contributed by atoms with Crippen molar-refractivity contribution in [3.05, 3.63) is 72.7 Å². The zero-order valence-corrected chi connectivity index (χ0v) is 16.5. The lowest BCUT2D eigenvalue weighted by atomic mass is 10.1. The van der Waals surface area contributed by atoms with Crippen molar-refractivity contribution in [3.63, 3.8) is 0 Å². The van der Waals surface area contributed by atoms with Gasteiger partial charge in [0.15, 0.2) is 0 Å². The number of hydrogen-bond acceptors (Lipinski definition) is 7. The van der Waals surface area contributed by atoms with E-state index in [2.05, 4.69) is 54.7 Å². The van der Waals surface area contributed by atoms with Crippen molar-refractivity contribution in [3.8, 4) is 17.2 Å². The molecule has 3 heterocycles. The average molecular weight is 397 g/mol. The Bertz CT molecular complexity index is 1310. The topological polar surface area (TPSA) is 99.2 Å². The quantitative estimate of drug-likeness (QED) is 0.486. The predicted octanol–water partition coefficient (Wildman–Crippen LogP) is 3.18. The average Bonchev–Trinajstić information content (AvgIpc) is 3.40. The molecule has 0 aliphatic heterocycles. The summed E-state index contributed by atoms with van der Waals surface area (Å²) in [5.74, 6) is 1.86. The molecule has 2 aromatic carbocycles. The second kappa shape index (κ2) is 7.36. The van der Waals surface area contributed by atoms with Crippen LogP contribution in [0.4, 0.5) is 5.95 Å². The van der Waals surface area contributed by atoms with Gasteiger partial charge in [0.1, 0.15) is 12.1 Å². The van der Waals surface area contributed by atoms with Crippen LogP contribution in [-0.4, -0.2) is 39.7 Å². The molecule has 0 aliphatic carbocycles. The number of anilines is 1. The van der Waals surface area contributed by atoms with Gasteiger partial charge in [-0.2, -0.15) is 9.78 Å². The van der Waals surface area contributed by atoms with Gasteiger partial charge in [-0.3, -0.25) is 4.57 Å². The minimum absolute atomic E-state index is 0.0861. The molecule has 1 N–H and O–H groups in total. The molecule has 0 aliphatic rings. The number of rotatable bonds is 5. The lowest BCUT2D eigenvalue weighted by Gasteiger charge is -2.14. The van der Waals surface area contributed by atoms with Gasteiger partial charge in [-0.15, -0.1) is 10.2 Å². The van der Waals surface area contributed by atoms with Crippen LogP contribution in [0.2, 0.25) is 0 Å². The molecule has 5 aromatic rings. The van der Waals surface area contributed by atoms with Crippen LogP contribution in [0, 0.1) is 0 Å².